The van der Waals surface area contributed by atoms with Gasteiger partial charge in [0, 0.05) is 0 Å². The first-order valence-electron chi connectivity index (χ1n) is 5.23. The van der Waals surface area contributed by atoms with E-state index in [9.17, 15) is 9.59 Å². The number of hydrogen-bond acceptors (Lipinski definition) is 4. The SMILES string of the molecule is COC(=O)CC=Cc1cccc(OC)c1C(=O)O. The average molecular weight is 250 g/mol. The minimum absolute atomic E-state index is 0.0705. The highest BCUT2D eigenvalue weighted by Crippen LogP contribution is 2.23. The van der Waals surface area contributed by atoms with Gasteiger partial charge in [0.1, 0.15) is 11.3 Å². The summed E-state index contributed by atoms with van der Waals surface area (Å²) in [4.78, 5) is 22.1. The van der Waals surface area contributed by atoms with E-state index in [1.165, 1.54) is 14.2 Å². The Kier molecular flexibility index (Phi) is 4.92. The molecule has 0 radical (unpaired) electrons. The minimum atomic E-state index is -1.08. The van der Waals surface area contributed by atoms with Crippen molar-refractivity contribution in [3.63, 3.8) is 0 Å². The van der Waals surface area contributed by atoms with Gasteiger partial charge < -0.3 is 14.6 Å². The molecule has 5 heteroatoms. The molecule has 0 aliphatic heterocycles. The Hall–Kier alpha value is -2.30. The molecule has 18 heavy (non-hydrogen) atoms. The molecule has 0 aromatic heterocycles. The molecule has 0 atom stereocenters. The summed E-state index contributed by atoms with van der Waals surface area (Å²) in [6.07, 6.45) is 3.20. The summed E-state index contributed by atoms with van der Waals surface area (Å²) < 4.78 is 9.47. The normalized spacial score (nSPS) is 10.3. The lowest BCUT2D eigenvalue weighted by atomic mass is 10.1. The zero-order valence-corrected chi connectivity index (χ0v) is 10.2. The summed E-state index contributed by atoms with van der Waals surface area (Å²) >= 11 is 0. The van der Waals surface area contributed by atoms with Crippen molar-refractivity contribution in [2.75, 3.05) is 14.2 Å². The Balaban J connectivity index is 3.01. The topological polar surface area (TPSA) is 72.8 Å². The molecular weight excluding hydrogens is 236 g/mol. The summed E-state index contributed by atoms with van der Waals surface area (Å²) in [6.45, 7) is 0. The number of hydrogen-bond donors (Lipinski definition) is 1. The molecule has 0 saturated carbocycles. The zero-order chi connectivity index (χ0) is 13.5. The molecule has 1 aromatic carbocycles. The third-order valence-corrected chi connectivity index (χ3v) is 2.30. The highest BCUT2D eigenvalue weighted by atomic mass is 16.5. The maximum Gasteiger partial charge on any atom is 0.340 e. The van der Waals surface area contributed by atoms with Gasteiger partial charge in [-0.05, 0) is 11.6 Å². The summed E-state index contributed by atoms with van der Waals surface area (Å²) in [5, 5.41) is 9.13. The zero-order valence-electron chi connectivity index (χ0n) is 10.2. The van der Waals surface area contributed by atoms with Crippen molar-refractivity contribution in [3.8, 4) is 5.75 Å². The van der Waals surface area contributed by atoms with Gasteiger partial charge in [-0.25, -0.2) is 4.79 Å². The number of esters is 1. The van der Waals surface area contributed by atoms with Gasteiger partial charge in [0.25, 0.3) is 0 Å². The van der Waals surface area contributed by atoms with Crippen LogP contribution >= 0.6 is 0 Å². The van der Waals surface area contributed by atoms with Crippen LogP contribution < -0.4 is 4.74 Å². The van der Waals surface area contributed by atoms with E-state index < -0.39 is 5.97 Å². The number of carbonyl (C=O) groups is 2. The maximum atomic E-state index is 11.1. The molecule has 0 bridgehead atoms. The van der Waals surface area contributed by atoms with Gasteiger partial charge in [-0.1, -0.05) is 24.3 Å². The third-order valence-electron chi connectivity index (χ3n) is 2.30. The van der Waals surface area contributed by atoms with Gasteiger partial charge >= 0.3 is 11.9 Å². The number of rotatable bonds is 5. The molecule has 1 aromatic rings. The van der Waals surface area contributed by atoms with Crippen molar-refractivity contribution in [1.82, 2.24) is 0 Å². The van der Waals surface area contributed by atoms with E-state index in [0.717, 1.165) is 0 Å². The number of ether oxygens (including phenoxy) is 2. The molecule has 0 aliphatic rings. The van der Waals surface area contributed by atoms with Crippen LogP contribution in [0.1, 0.15) is 22.3 Å². The fourth-order valence-electron chi connectivity index (χ4n) is 1.45. The first-order chi connectivity index (χ1) is 8.60. The van der Waals surface area contributed by atoms with E-state index in [1.54, 1.807) is 30.4 Å². The molecular formula is C13H14O5. The monoisotopic (exact) mass is 250 g/mol. The molecule has 0 spiro atoms. The van der Waals surface area contributed by atoms with Crippen LogP contribution in [-0.2, 0) is 9.53 Å². The lowest BCUT2D eigenvalue weighted by Gasteiger charge is -2.07. The highest BCUT2D eigenvalue weighted by Gasteiger charge is 2.14. The molecule has 0 saturated heterocycles. The molecule has 1 rings (SSSR count). The Morgan fingerprint density at radius 1 is 1.33 bits per heavy atom. The van der Waals surface area contributed by atoms with Crippen molar-refractivity contribution >= 4 is 18.0 Å². The van der Waals surface area contributed by atoms with Crippen molar-refractivity contribution in [2.45, 2.75) is 6.42 Å². The van der Waals surface area contributed by atoms with Crippen LogP contribution in [0.4, 0.5) is 0 Å². The number of methoxy groups -OCH3 is 2. The Morgan fingerprint density at radius 2 is 2.06 bits per heavy atom. The van der Waals surface area contributed by atoms with Crippen LogP contribution in [0.15, 0.2) is 24.3 Å². The molecule has 0 fully saturated rings. The fraction of sp³-hybridized carbons (Fsp3) is 0.231. The smallest absolute Gasteiger partial charge is 0.340 e. The standard InChI is InChI=1S/C13H14O5/c1-17-10-7-3-5-9(12(10)13(15)16)6-4-8-11(14)18-2/h3-7H,8H2,1-2H3,(H,15,16). The second-order valence-electron chi connectivity index (χ2n) is 3.41. The highest BCUT2D eigenvalue weighted by molar-refractivity contribution is 5.95. The second kappa shape index (κ2) is 6.44. The van der Waals surface area contributed by atoms with Crippen molar-refractivity contribution in [1.29, 1.82) is 0 Å². The van der Waals surface area contributed by atoms with Crippen molar-refractivity contribution in [3.05, 3.63) is 35.4 Å². The third kappa shape index (κ3) is 3.35. The summed E-state index contributed by atoms with van der Waals surface area (Å²) in [5.41, 5.74) is 0.548. The molecule has 1 N–H and O–H groups in total. The van der Waals surface area contributed by atoms with E-state index in [0.29, 0.717) is 5.56 Å². The number of carboxylic acid groups (broad SMARTS) is 1. The maximum absolute atomic E-state index is 11.1. The minimum Gasteiger partial charge on any atom is -0.496 e. The lowest BCUT2D eigenvalue weighted by molar-refractivity contribution is -0.139. The summed E-state index contributed by atoms with van der Waals surface area (Å²) in [5.74, 6) is -1.18. The van der Waals surface area contributed by atoms with E-state index in [-0.39, 0.29) is 23.7 Å². The molecule has 96 valence electrons. The molecule has 0 amide bonds. The van der Waals surface area contributed by atoms with Gasteiger partial charge in [-0.3, -0.25) is 4.79 Å². The Labute approximate surface area is 105 Å². The number of carbonyl (C=O) groups excluding carboxylic acids is 1. The first kappa shape index (κ1) is 13.8. The van der Waals surface area contributed by atoms with Crippen LogP contribution in [0.2, 0.25) is 0 Å². The lowest BCUT2D eigenvalue weighted by Crippen LogP contribution is -2.03. The van der Waals surface area contributed by atoms with Crippen LogP contribution in [0.25, 0.3) is 6.08 Å². The van der Waals surface area contributed by atoms with Gasteiger partial charge in [0.2, 0.25) is 0 Å². The largest absolute Gasteiger partial charge is 0.496 e. The van der Waals surface area contributed by atoms with Crippen LogP contribution in [0.5, 0.6) is 5.75 Å². The Bertz CT molecular complexity index is 476. The van der Waals surface area contributed by atoms with Gasteiger partial charge in [0.15, 0.2) is 0 Å². The Morgan fingerprint density at radius 3 is 2.61 bits per heavy atom. The predicted octanol–water partition coefficient (Wildman–Crippen LogP) is 1.97. The van der Waals surface area contributed by atoms with Gasteiger partial charge in [-0.2, -0.15) is 0 Å². The van der Waals surface area contributed by atoms with Crippen molar-refractivity contribution in [2.24, 2.45) is 0 Å². The van der Waals surface area contributed by atoms with Crippen LogP contribution in [0, 0.1) is 0 Å². The molecule has 0 unspecified atom stereocenters. The summed E-state index contributed by atoms with van der Waals surface area (Å²) in [6, 6.07) is 4.89. The van der Waals surface area contributed by atoms with E-state index in [4.69, 9.17) is 9.84 Å². The molecule has 0 aliphatic carbocycles. The van der Waals surface area contributed by atoms with E-state index >= 15 is 0 Å². The fourth-order valence-corrected chi connectivity index (χ4v) is 1.45. The average Bonchev–Trinajstić information content (AvgIpc) is 2.37. The van der Waals surface area contributed by atoms with Gasteiger partial charge in [-0.15, -0.1) is 0 Å². The second-order valence-corrected chi connectivity index (χ2v) is 3.41. The quantitative estimate of drug-likeness (QED) is 0.809. The van der Waals surface area contributed by atoms with E-state index in [2.05, 4.69) is 4.74 Å². The van der Waals surface area contributed by atoms with E-state index in [1.807, 2.05) is 0 Å². The predicted molar refractivity (Wildman–Crippen MR) is 65.6 cm³/mol. The summed E-state index contributed by atoms with van der Waals surface area (Å²) in [7, 11) is 2.70. The van der Waals surface area contributed by atoms with Crippen molar-refractivity contribution < 1.29 is 24.2 Å². The number of benzene rings is 1. The van der Waals surface area contributed by atoms with Crippen LogP contribution in [0.3, 0.4) is 0 Å². The molecule has 5 nitrogen and oxygen atoms in total. The molecule has 0 heterocycles. The first-order valence-corrected chi connectivity index (χ1v) is 5.23. The van der Waals surface area contributed by atoms with Gasteiger partial charge in [0.05, 0.1) is 20.6 Å². The number of aromatic carboxylic acids is 1. The number of carboxylic acids is 1. The van der Waals surface area contributed by atoms with Crippen LogP contribution in [-0.4, -0.2) is 31.3 Å².